The molecule has 0 rings (SSSR count). The summed E-state index contributed by atoms with van der Waals surface area (Å²) in [5, 5.41) is -0.878. The summed E-state index contributed by atoms with van der Waals surface area (Å²) in [6, 6.07) is 0. The van der Waals surface area contributed by atoms with E-state index in [-0.39, 0.29) is 36.0 Å². The predicted octanol–water partition coefficient (Wildman–Crippen LogP) is 3.02. The predicted molar refractivity (Wildman–Crippen MR) is 89.3 cm³/mol. The van der Waals surface area contributed by atoms with Gasteiger partial charge in [-0.25, -0.2) is 0 Å². The number of methoxy groups -OCH3 is 3. The van der Waals surface area contributed by atoms with Crippen LogP contribution in [-0.2, 0) is 27.8 Å². The van der Waals surface area contributed by atoms with Crippen molar-refractivity contribution in [2.45, 2.75) is 16.1 Å². The van der Waals surface area contributed by atoms with Crippen molar-refractivity contribution in [2.75, 3.05) is 61.0 Å². The van der Waals surface area contributed by atoms with Gasteiger partial charge in [0.05, 0.1) is 55.8 Å². The summed E-state index contributed by atoms with van der Waals surface area (Å²) in [4.78, 5) is 0. The van der Waals surface area contributed by atoms with Crippen LogP contribution in [0.15, 0.2) is 0 Å². The number of ether oxygens (including phenoxy) is 3. The lowest BCUT2D eigenvalue weighted by Crippen LogP contribution is -2.19. The summed E-state index contributed by atoms with van der Waals surface area (Å²) in [5.74, 6) is 0. The van der Waals surface area contributed by atoms with Crippen molar-refractivity contribution >= 4 is 43.4 Å². The molecule has 0 fully saturated rings. The zero-order valence-corrected chi connectivity index (χ0v) is 16.2. The fraction of sp³-hybridized carbons (Fsp3) is 1.00. The van der Waals surface area contributed by atoms with Gasteiger partial charge in [-0.15, -0.1) is 34.8 Å². The van der Waals surface area contributed by atoms with Crippen molar-refractivity contribution < 1.29 is 27.8 Å². The van der Waals surface area contributed by atoms with E-state index in [1.165, 1.54) is 0 Å². The van der Waals surface area contributed by atoms with E-state index in [1.807, 2.05) is 0 Å². The Morgan fingerprint density at radius 2 is 0.864 bits per heavy atom. The molecule has 0 amide bonds. The van der Waals surface area contributed by atoms with Crippen LogP contribution >= 0.6 is 43.4 Å². The highest BCUT2D eigenvalue weighted by molar-refractivity contribution is 7.41. The molecular formula is C12H24Cl3O6P. The first kappa shape index (κ1) is 23.1. The van der Waals surface area contributed by atoms with E-state index in [1.54, 1.807) is 21.3 Å². The Morgan fingerprint density at radius 3 is 1.09 bits per heavy atom. The van der Waals surface area contributed by atoms with Crippen molar-refractivity contribution in [1.29, 1.82) is 0 Å². The second kappa shape index (κ2) is 15.6. The summed E-state index contributed by atoms with van der Waals surface area (Å²) < 4.78 is 31.4. The molecule has 134 valence electrons. The maximum Gasteiger partial charge on any atom is 0.332 e. The van der Waals surface area contributed by atoms with Gasteiger partial charge >= 0.3 is 8.60 Å². The molecule has 22 heavy (non-hydrogen) atoms. The molecule has 0 saturated carbocycles. The Morgan fingerprint density at radius 1 is 0.591 bits per heavy atom. The number of alkyl halides is 3. The summed E-state index contributed by atoms with van der Waals surface area (Å²) in [6.07, 6.45) is 0. The highest BCUT2D eigenvalue weighted by Crippen LogP contribution is 2.40. The SMILES string of the molecule is COCC(Cl)COP(OCC(Cl)COC)OCC(Cl)COC. The summed E-state index contributed by atoms with van der Waals surface area (Å²) in [6.45, 7) is 1.80. The molecule has 10 heteroatoms. The van der Waals surface area contributed by atoms with Gasteiger partial charge in [0.15, 0.2) is 0 Å². The molecular weight excluding hydrogens is 377 g/mol. The fourth-order valence-electron chi connectivity index (χ4n) is 1.22. The number of hydrogen-bond acceptors (Lipinski definition) is 6. The van der Waals surface area contributed by atoms with E-state index >= 15 is 0 Å². The minimum Gasteiger partial charge on any atom is -0.383 e. The zero-order chi connectivity index (χ0) is 16.8. The highest BCUT2D eigenvalue weighted by Gasteiger charge is 2.19. The maximum absolute atomic E-state index is 6.01. The Labute approximate surface area is 148 Å². The van der Waals surface area contributed by atoms with Crippen LogP contribution in [0.2, 0.25) is 0 Å². The Balaban J connectivity index is 4.17. The Hall–Kier alpha value is 1.06. The van der Waals surface area contributed by atoms with Gasteiger partial charge in [0.2, 0.25) is 0 Å². The smallest absolute Gasteiger partial charge is 0.332 e. The Kier molecular flexibility index (Phi) is 16.3. The van der Waals surface area contributed by atoms with Gasteiger partial charge in [0, 0.05) is 21.3 Å². The average Bonchev–Trinajstić information content (AvgIpc) is 2.47. The molecule has 0 saturated heterocycles. The monoisotopic (exact) mass is 400 g/mol. The minimum absolute atomic E-state index is 0.232. The molecule has 0 aromatic carbocycles. The molecule has 0 aromatic rings. The largest absolute Gasteiger partial charge is 0.383 e. The molecule has 0 aliphatic carbocycles. The highest BCUT2D eigenvalue weighted by atomic mass is 35.5. The molecule has 3 atom stereocenters. The molecule has 0 radical (unpaired) electrons. The summed E-state index contributed by atoms with van der Waals surface area (Å²) in [5.41, 5.74) is 0. The molecule has 0 aromatic heterocycles. The van der Waals surface area contributed by atoms with Crippen LogP contribution in [0.4, 0.5) is 0 Å². The molecule has 0 bridgehead atoms. The molecule has 0 N–H and O–H groups in total. The molecule has 0 aliphatic rings. The van der Waals surface area contributed by atoms with Crippen LogP contribution in [0.25, 0.3) is 0 Å². The van der Waals surface area contributed by atoms with E-state index < -0.39 is 8.60 Å². The third kappa shape index (κ3) is 13.5. The lowest BCUT2D eigenvalue weighted by atomic mass is 10.5. The molecule has 3 unspecified atom stereocenters. The third-order valence-electron chi connectivity index (χ3n) is 2.12. The molecule has 6 nitrogen and oxygen atoms in total. The zero-order valence-electron chi connectivity index (χ0n) is 13.0. The first-order chi connectivity index (χ1) is 10.5. The topological polar surface area (TPSA) is 55.4 Å². The number of rotatable bonds is 15. The lowest BCUT2D eigenvalue weighted by Gasteiger charge is -2.20. The van der Waals surface area contributed by atoms with Gasteiger partial charge in [-0.2, -0.15) is 0 Å². The van der Waals surface area contributed by atoms with Crippen LogP contribution in [0.1, 0.15) is 0 Å². The summed E-state index contributed by atoms with van der Waals surface area (Å²) >= 11 is 18.0. The van der Waals surface area contributed by atoms with E-state index in [4.69, 9.17) is 62.6 Å². The first-order valence-corrected chi connectivity index (χ1v) is 9.01. The van der Waals surface area contributed by atoms with Gasteiger partial charge in [0.25, 0.3) is 0 Å². The quantitative estimate of drug-likeness (QED) is 0.311. The molecule has 0 heterocycles. The first-order valence-electron chi connectivity index (χ1n) is 6.61. The standard InChI is InChI=1S/C12H24Cl3O6P/c1-16-4-10(13)7-19-22(20-8-11(14)5-17-2)21-9-12(15)6-18-3/h10-12H,4-9H2,1-3H3. The van der Waals surface area contributed by atoms with Crippen LogP contribution < -0.4 is 0 Å². The van der Waals surface area contributed by atoms with Crippen molar-refractivity contribution in [3.8, 4) is 0 Å². The number of halogens is 3. The normalized spacial score (nSPS) is 17.2. The molecule has 0 aliphatic heterocycles. The minimum atomic E-state index is -1.61. The molecule has 0 spiro atoms. The van der Waals surface area contributed by atoms with Gasteiger partial charge in [0.1, 0.15) is 0 Å². The van der Waals surface area contributed by atoms with Crippen LogP contribution in [0.5, 0.6) is 0 Å². The van der Waals surface area contributed by atoms with Crippen LogP contribution in [0, 0.1) is 0 Å². The van der Waals surface area contributed by atoms with Crippen molar-refractivity contribution in [2.24, 2.45) is 0 Å². The lowest BCUT2D eigenvalue weighted by molar-refractivity contribution is 0.119. The maximum atomic E-state index is 6.01. The second-order valence-electron chi connectivity index (χ2n) is 4.27. The van der Waals surface area contributed by atoms with E-state index in [0.717, 1.165) is 0 Å². The van der Waals surface area contributed by atoms with Crippen LogP contribution in [0.3, 0.4) is 0 Å². The van der Waals surface area contributed by atoms with E-state index in [0.29, 0.717) is 19.8 Å². The van der Waals surface area contributed by atoms with Gasteiger partial charge in [-0.3, -0.25) is 0 Å². The number of hydrogen-bond donors (Lipinski definition) is 0. The summed E-state index contributed by atoms with van der Waals surface area (Å²) in [7, 11) is 3.09. The van der Waals surface area contributed by atoms with Crippen molar-refractivity contribution in [1.82, 2.24) is 0 Å². The van der Waals surface area contributed by atoms with Gasteiger partial charge in [-0.05, 0) is 0 Å². The van der Waals surface area contributed by atoms with Gasteiger partial charge < -0.3 is 27.8 Å². The van der Waals surface area contributed by atoms with E-state index in [9.17, 15) is 0 Å². The van der Waals surface area contributed by atoms with Crippen molar-refractivity contribution in [3.63, 3.8) is 0 Å². The third-order valence-corrected chi connectivity index (χ3v) is 3.96. The van der Waals surface area contributed by atoms with E-state index in [2.05, 4.69) is 0 Å². The van der Waals surface area contributed by atoms with Gasteiger partial charge in [-0.1, -0.05) is 0 Å². The second-order valence-corrected chi connectivity index (χ2v) is 7.34. The fourth-order valence-corrected chi connectivity index (χ4v) is 3.18. The van der Waals surface area contributed by atoms with Crippen LogP contribution in [-0.4, -0.2) is 77.1 Å². The Bertz CT molecular complexity index is 217. The van der Waals surface area contributed by atoms with Crippen molar-refractivity contribution in [3.05, 3.63) is 0 Å². The average molecular weight is 402 g/mol.